The van der Waals surface area contributed by atoms with E-state index in [1.807, 2.05) is 44.2 Å². The van der Waals surface area contributed by atoms with Gasteiger partial charge < -0.3 is 4.74 Å². The number of aromatic nitrogens is 4. The van der Waals surface area contributed by atoms with Crippen LogP contribution in [-0.4, -0.2) is 19.9 Å². The van der Waals surface area contributed by atoms with Gasteiger partial charge in [0.2, 0.25) is 5.88 Å². The van der Waals surface area contributed by atoms with Gasteiger partial charge in [0.15, 0.2) is 5.75 Å². The summed E-state index contributed by atoms with van der Waals surface area (Å²) in [5, 5.41) is 1.34. The summed E-state index contributed by atoms with van der Waals surface area (Å²) in [6.45, 7) is 3.96. The Kier molecular flexibility index (Phi) is 4.22. The van der Waals surface area contributed by atoms with Gasteiger partial charge in [-0.15, -0.1) is 0 Å². The van der Waals surface area contributed by atoms with Crippen LogP contribution < -0.4 is 4.74 Å². The standard InChI is InChI=1S/C20H15ClN4O/c1-12-9-18(19(25-13(12)2)17-5-3-4-8-22-17)26-20-15-10-14(21)6-7-16(15)23-11-24-20/h3-11H,1-2H3. The molecule has 0 aliphatic carbocycles. The Morgan fingerprint density at radius 1 is 0.962 bits per heavy atom. The van der Waals surface area contributed by atoms with E-state index in [9.17, 15) is 0 Å². The zero-order valence-corrected chi connectivity index (χ0v) is 15.0. The molecule has 1 aromatic carbocycles. The van der Waals surface area contributed by atoms with E-state index in [4.69, 9.17) is 16.3 Å². The van der Waals surface area contributed by atoms with E-state index in [1.54, 1.807) is 18.3 Å². The Hall–Kier alpha value is -3.05. The molecule has 0 N–H and O–H groups in total. The zero-order valence-electron chi connectivity index (χ0n) is 14.3. The Morgan fingerprint density at radius 3 is 2.65 bits per heavy atom. The van der Waals surface area contributed by atoms with Crippen LogP contribution in [0.3, 0.4) is 0 Å². The number of pyridine rings is 2. The van der Waals surface area contributed by atoms with Gasteiger partial charge in [0.1, 0.15) is 12.0 Å². The molecule has 4 aromatic rings. The van der Waals surface area contributed by atoms with Crippen LogP contribution in [0.2, 0.25) is 5.02 Å². The molecule has 0 saturated heterocycles. The number of ether oxygens (including phenoxy) is 1. The van der Waals surface area contributed by atoms with Crippen molar-refractivity contribution in [2.45, 2.75) is 13.8 Å². The maximum atomic E-state index is 6.16. The molecule has 128 valence electrons. The number of aryl methyl sites for hydroxylation is 2. The fourth-order valence-electron chi connectivity index (χ4n) is 2.64. The van der Waals surface area contributed by atoms with Crippen molar-refractivity contribution in [2.24, 2.45) is 0 Å². The van der Waals surface area contributed by atoms with E-state index in [0.29, 0.717) is 22.3 Å². The van der Waals surface area contributed by atoms with Crippen LogP contribution in [0.15, 0.2) is 55.0 Å². The first kappa shape index (κ1) is 16.4. The summed E-state index contributed by atoms with van der Waals surface area (Å²) in [6.07, 6.45) is 3.20. The monoisotopic (exact) mass is 362 g/mol. The lowest BCUT2D eigenvalue weighted by Crippen LogP contribution is -1.99. The first-order valence-electron chi connectivity index (χ1n) is 8.09. The van der Waals surface area contributed by atoms with E-state index >= 15 is 0 Å². The topological polar surface area (TPSA) is 60.8 Å². The van der Waals surface area contributed by atoms with Crippen molar-refractivity contribution in [3.05, 3.63) is 71.3 Å². The number of fused-ring (bicyclic) bond motifs is 1. The van der Waals surface area contributed by atoms with Gasteiger partial charge in [-0.05, 0) is 55.8 Å². The molecule has 0 spiro atoms. The molecule has 4 rings (SSSR count). The molecule has 6 heteroatoms. The van der Waals surface area contributed by atoms with Crippen LogP contribution in [0.1, 0.15) is 11.3 Å². The van der Waals surface area contributed by atoms with E-state index in [-0.39, 0.29) is 0 Å². The van der Waals surface area contributed by atoms with E-state index in [0.717, 1.165) is 27.9 Å². The molecule has 0 unspecified atom stereocenters. The molecule has 5 nitrogen and oxygen atoms in total. The van der Waals surface area contributed by atoms with Crippen molar-refractivity contribution in [1.29, 1.82) is 0 Å². The molecule has 0 saturated carbocycles. The molecule has 0 atom stereocenters. The highest BCUT2D eigenvalue weighted by Gasteiger charge is 2.15. The second-order valence-electron chi connectivity index (χ2n) is 5.89. The highest BCUT2D eigenvalue weighted by atomic mass is 35.5. The number of nitrogens with zero attached hydrogens (tertiary/aromatic N) is 4. The summed E-state index contributed by atoms with van der Waals surface area (Å²) in [5.41, 5.74) is 4.12. The summed E-state index contributed by atoms with van der Waals surface area (Å²) >= 11 is 6.13. The lowest BCUT2D eigenvalue weighted by atomic mass is 10.1. The van der Waals surface area contributed by atoms with Gasteiger partial charge in [0.05, 0.1) is 16.6 Å². The Balaban J connectivity index is 1.87. The van der Waals surface area contributed by atoms with Crippen molar-refractivity contribution >= 4 is 22.5 Å². The molecule has 0 aliphatic heterocycles. The van der Waals surface area contributed by atoms with Gasteiger partial charge in [0, 0.05) is 16.9 Å². The third-order valence-electron chi connectivity index (χ3n) is 4.11. The number of hydrogen-bond donors (Lipinski definition) is 0. The van der Waals surface area contributed by atoms with Crippen LogP contribution in [0.4, 0.5) is 0 Å². The third-order valence-corrected chi connectivity index (χ3v) is 4.34. The van der Waals surface area contributed by atoms with Gasteiger partial charge in [-0.3, -0.25) is 4.98 Å². The van der Waals surface area contributed by atoms with Crippen LogP contribution in [0.25, 0.3) is 22.3 Å². The minimum Gasteiger partial charge on any atom is -0.436 e. The van der Waals surface area contributed by atoms with Gasteiger partial charge in [0.25, 0.3) is 0 Å². The van der Waals surface area contributed by atoms with E-state index < -0.39 is 0 Å². The second kappa shape index (κ2) is 6.69. The fourth-order valence-corrected chi connectivity index (χ4v) is 2.81. The lowest BCUT2D eigenvalue weighted by Gasteiger charge is -2.13. The number of halogens is 1. The van der Waals surface area contributed by atoms with Crippen molar-refractivity contribution < 1.29 is 4.74 Å². The highest BCUT2D eigenvalue weighted by Crippen LogP contribution is 2.34. The highest BCUT2D eigenvalue weighted by molar-refractivity contribution is 6.31. The summed E-state index contributed by atoms with van der Waals surface area (Å²) in [5.74, 6) is 1.02. The Bertz CT molecular complexity index is 1100. The first-order chi connectivity index (χ1) is 12.6. The number of rotatable bonds is 3. The maximum Gasteiger partial charge on any atom is 0.230 e. The molecule has 0 radical (unpaired) electrons. The quantitative estimate of drug-likeness (QED) is 0.504. The third kappa shape index (κ3) is 3.09. The molecule has 26 heavy (non-hydrogen) atoms. The lowest BCUT2D eigenvalue weighted by molar-refractivity contribution is 0.467. The molecule has 0 fully saturated rings. The fraction of sp³-hybridized carbons (Fsp3) is 0.100. The number of benzene rings is 1. The van der Waals surface area contributed by atoms with Crippen LogP contribution in [0, 0.1) is 13.8 Å². The first-order valence-corrected chi connectivity index (χ1v) is 8.47. The minimum atomic E-state index is 0.430. The largest absolute Gasteiger partial charge is 0.436 e. The summed E-state index contributed by atoms with van der Waals surface area (Å²) < 4.78 is 6.16. The molecule has 0 aliphatic rings. The normalized spacial score (nSPS) is 10.9. The van der Waals surface area contributed by atoms with Crippen LogP contribution in [0.5, 0.6) is 11.6 Å². The molecule has 0 amide bonds. The van der Waals surface area contributed by atoms with Crippen LogP contribution in [-0.2, 0) is 0 Å². The Morgan fingerprint density at radius 2 is 1.85 bits per heavy atom. The van der Waals surface area contributed by atoms with Gasteiger partial charge >= 0.3 is 0 Å². The van der Waals surface area contributed by atoms with Crippen molar-refractivity contribution in [2.75, 3.05) is 0 Å². The second-order valence-corrected chi connectivity index (χ2v) is 6.33. The van der Waals surface area contributed by atoms with Gasteiger partial charge in [-0.1, -0.05) is 17.7 Å². The van der Waals surface area contributed by atoms with Gasteiger partial charge in [-0.25, -0.2) is 15.0 Å². The smallest absolute Gasteiger partial charge is 0.230 e. The number of hydrogen-bond acceptors (Lipinski definition) is 5. The van der Waals surface area contributed by atoms with Crippen molar-refractivity contribution in [1.82, 2.24) is 19.9 Å². The molecule has 3 heterocycles. The van der Waals surface area contributed by atoms with E-state index in [1.165, 1.54) is 6.33 Å². The minimum absolute atomic E-state index is 0.430. The van der Waals surface area contributed by atoms with Crippen molar-refractivity contribution in [3.63, 3.8) is 0 Å². The predicted octanol–water partition coefficient (Wildman–Crippen LogP) is 5.15. The molecular formula is C20H15ClN4O. The SMILES string of the molecule is Cc1cc(Oc2ncnc3ccc(Cl)cc23)c(-c2ccccn2)nc1C. The van der Waals surface area contributed by atoms with Crippen LogP contribution >= 0.6 is 11.6 Å². The predicted molar refractivity (Wildman–Crippen MR) is 102 cm³/mol. The summed E-state index contributed by atoms with van der Waals surface area (Å²) in [7, 11) is 0. The zero-order chi connectivity index (χ0) is 18.1. The molecular weight excluding hydrogens is 348 g/mol. The van der Waals surface area contributed by atoms with Gasteiger partial charge in [-0.2, -0.15) is 0 Å². The summed E-state index contributed by atoms with van der Waals surface area (Å²) in [6, 6.07) is 13.1. The van der Waals surface area contributed by atoms with Crippen molar-refractivity contribution in [3.8, 4) is 23.0 Å². The van der Waals surface area contributed by atoms with E-state index in [2.05, 4.69) is 19.9 Å². The average molecular weight is 363 g/mol. The maximum absolute atomic E-state index is 6.16. The average Bonchev–Trinajstić information content (AvgIpc) is 2.65. The molecule has 0 bridgehead atoms. The Labute approximate surface area is 155 Å². The summed E-state index contributed by atoms with van der Waals surface area (Å²) in [4.78, 5) is 17.6. The molecule has 3 aromatic heterocycles.